The van der Waals surface area contributed by atoms with E-state index in [-0.39, 0.29) is 16.8 Å². The Morgan fingerprint density at radius 2 is 2.21 bits per heavy atom. The highest BCUT2D eigenvalue weighted by atomic mass is 16.6. The van der Waals surface area contributed by atoms with Crippen LogP contribution in [0.4, 0.5) is 5.69 Å². The van der Waals surface area contributed by atoms with Gasteiger partial charge in [0.1, 0.15) is 0 Å². The molecule has 1 aromatic carbocycles. The van der Waals surface area contributed by atoms with E-state index in [1.807, 2.05) is 18.3 Å². The monoisotopic (exact) mass is 330 g/mol. The highest BCUT2D eigenvalue weighted by Gasteiger charge is 2.23. The van der Waals surface area contributed by atoms with Gasteiger partial charge in [-0.15, -0.1) is 0 Å². The number of nitrogens with zero attached hydrogens (tertiary/aromatic N) is 3. The fourth-order valence-electron chi connectivity index (χ4n) is 3.79. The molecule has 2 atom stereocenters. The van der Waals surface area contributed by atoms with E-state index in [4.69, 9.17) is 0 Å². The number of non-ortho nitro benzene ring substituents is 1. The molecule has 1 saturated heterocycles. The zero-order valence-electron chi connectivity index (χ0n) is 14.4. The van der Waals surface area contributed by atoms with Gasteiger partial charge in [0.05, 0.1) is 11.1 Å². The average molecular weight is 330 g/mol. The zero-order chi connectivity index (χ0) is 17.1. The third-order valence-corrected chi connectivity index (χ3v) is 5.13. The molecule has 1 fully saturated rings. The quantitative estimate of drug-likeness (QED) is 0.623. The van der Waals surface area contributed by atoms with Gasteiger partial charge in [-0.1, -0.05) is 13.8 Å². The van der Waals surface area contributed by atoms with Crippen LogP contribution in [0.2, 0.25) is 0 Å². The van der Waals surface area contributed by atoms with Crippen molar-refractivity contribution in [2.24, 2.45) is 0 Å². The second-order valence-electron chi connectivity index (χ2n) is 6.48. The van der Waals surface area contributed by atoms with Gasteiger partial charge >= 0.3 is 0 Å². The maximum absolute atomic E-state index is 10.9. The third kappa shape index (κ3) is 3.30. The molecule has 0 bridgehead atoms. The van der Waals surface area contributed by atoms with E-state index >= 15 is 0 Å². The molecule has 0 aliphatic carbocycles. The molecular formula is C18H26N4O2. The van der Waals surface area contributed by atoms with Crippen LogP contribution in [0.1, 0.15) is 39.3 Å². The molecule has 0 amide bonds. The predicted octanol–water partition coefficient (Wildman–Crippen LogP) is 3.53. The van der Waals surface area contributed by atoms with Crippen LogP contribution in [0.15, 0.2) is 30.5 Å². The SMILES string of the molecule is CCC(NCC1CCCN1CC)n1ccc2cc([N+](=O)[O-])ccc21. The lowest BCUT2D eigenvalue weighted by Crippen LogP contribution is -2.40. The first-order valence-corrected chi connectivity index (χ1v) is 8.86. The van der Waals surface area contributed by atoms with Crippen molar-refractivity contribution in [3.63, 3.8) is 0 Å². The Morgan fingerprint density at radius 1 is 1.38 bits per heavy atom. The fourth-order valence-corrected chi connectivity index (χ4v) is 3.79. The summed E-state index contributed by atoms with van der Waals surface area (Å²) in [6.45, 7) is 7.69. The van der Waals surface area contributed by atoms with E-state index in [0.29, 0.717) is 6.04 Å². The number of likely N-dealkylation sites (N-methyl/N-ethyl adjacent to an activating group) is 1. The van der Waals surface area contributed by atoms with Gasteiger partial charge in [-0.25, -0.2) is 0 Å². The molecule has 0 spiro atoms. The van der Waals surface area contributed by atoms with E-state index in [1.54, 1.807) is 12.1 Å². The zero-order valence-corrected chi connectivity index (χ0v) is 14.4. The van der Waals surface area contributed by atoms with Crippen LogP contribution in [0.5, 0.6) is 0 Å². The number of rotatable bonds is 7. The Morgan fingerprint density at radius 3 is 2.92 bits per heavy atom. The maximum atomic E-state index is 10.9. The molecule has 1 aliphatic rings. The van der Waals surface area contributed by atoms with E-state index in [9.17, 15) is 10.1 Å². The first-order chi connectivity index (χ1) is 11.6. The maximum Gasteiger partial charge on any atom is 0.270 e. The predicted molar refractivity (Wildman–Crippen MR) is 96.2 cm³/mol. The molecule has 0 saturated carbocycles. The van der Waals surface area contributed by atoms with Crippen LogP contribution in [0, 0.1) is 10.1 Å². The van der Waals surface area contributed by atoms with E-state index < -0.39 is 0 Å². The molecule has 2 unspecified atom stereocenters. The Hall–Kier alpha value is -1.92. The topological polar surface area (TPSA) is 63.3 Å². The largest absolute Gasteiger partial charge is 0.331 e. The summed E-state index contributed by atoms with van der Waals surface area (Å²) in [6, 6.07) is 7.66. The number of nitro groups is 1. The van der Waals surface area contributed by atoms with Gasteiger partial charge < -0.3 is 4.57 Å². The van der Waals surface area contributed by atoms with Crippen molar-refractivity contribution in [3.8, 4) is 0 Å². The first kappa shape index (κ1) is 16.9. The van der Waals surface area contributed by atoms with Crippen molar-refractivity contribution >= 4 is 16.6 Å². The van der Waals surface area contributed by atoms with Gasteiger partial charge in [-0.2, -0.15) is 0 Å². The molecule has 0 radical (unpaired) electrons. The van der Waals surface area contributed by atoms with E-state index in [0.717, 1.165) is 30.4 Å². The summed E-state index contributed by atoms with van der Waals surface area (Å²) >= 11 is 0. The molecule has 6 heteroatoms. The summed E-state index contributed by atoms with van der Waals surface area (Å²) in [7, 11) is 0. The van der Waals surface area contributed by atoms with Gasteiger partial charge in [-0.05, 0) is 44.5 Å². The van der Waals surface area contributed by atoms with E-state index in [2.05, 4.69) is 28.6 Å². The number of nitrogens with one attached hydrogen (secondary N) is 1. The van der Waals surface area contributed by atoms with Crippen LogP contribution in [0.3, 0.4) is 0 Å². The van der Waals surface area contributed by atoms with Crippen LogP contribution in [0.25, 0.3) is 10.9 Å². The lowest BCUT2D eigenvalue weighted by atomic mass is 10.2. The Labute approximate surface area is 142 Å². The van der Waals surface area contributed by atoms with Gasteiger partial charge in [0.25, 0.3) is 5.69 Å². The molecule has 6 nitrogen and oxygen atoms in total. The molecule has 1 N–H and O–H groups in total. The summed E-state index contributed by atoms with van der Waals surface area (Å²) < 4.78 is 2.20. The van der Waals surface area contributed by atoms with Crippen molar-refractivity contribution in [2.45, 2.75) is 45.3 Å². The highest BCUT2D eigenvalue weighted by molar-refractivity contribution is 5.82. The number of hydrogen-bond acceptors (Lipinski definition) is 4. The van der Waals surface area contributed by atoms with Crippen molar-refractivity contribution in [1.29, 1.82) is 0 Å². The summed E-state index contributed by atoms with van der Waals surface area (Å²) in [5.74, 6) is 0. The minimum atomic E-state index is -0.342. The minimum absolute atomic E-state index is 0.144. The second kappa shape index (κ2) is 7.32. The van der Waals surface area contributed by atoms with Crippen LogP contribution < -0.4 is 5.32 Å². The molecule has 2 aromatic rings. The number of nitro benzene ring substituents is 1. The number of hydrogen-bond donors (Lipinski definition) is 1. The summed E-state index contributed by atoms with van der Waals surface area (Å²) in [5, 5.41) is 15.5. The number of likely N-dealkylation sites (tertiary alicyclic amines) is 1. The standard InChI is InChI=1S/C18H26N4O2/c1-3-18(19-13-16-6-5-10-20(16)4-2)21-11-9-14-12-15(22(23)24)7-8-17(14)21/h7-9,11-12,16,18-19H,3-6,10,13H2,1-2H3. The fraction of sp³-hybridized carbons (Fsp3) is 0.556. The summed E-state index contributed by atoms with van der Waals surface area (Å²) in [4.78, 5) is 13.1. The lowest BCUT2D eigenvalue weighted by Gasteiger charge is -2.27. The van der Waals surface area contributed by atoms with Gasteiger partial charge in [0.2, 0.25) is 0 Å². The first-order valence-electron chi connectivity index (χ1n) is 8.86. The Bertz CT molecular complexity index is 712. The van der Waals surface area contributed by atoms with Crippen LogP contribution >= 0.6 is 0 Å². The van der Waals surface area contributed by atoms with Crippen LogP contribution in [-0.4, -0.2) is 40.1 Å². The Kier molecular flexibility index (Phi) is 5.16. The highest BCUT2D eigenvalue weighted by Crippen LogP contribution is 2.25. The van der Waals surface area contributed by atoms with Gasteiger partial charge in [0.15, 0.2) is 0 Å². The molecule has 24 heavy (non-hydrogen) atoms. The third-order valence-electron chi connectivity index (χ3n) is 5.13. The molecule has 1 aliphatic heterocycles. The van der Waals surface area contributed by atoms with Gasteiger partial charge in [0, 0.05) is 41.8 Å². The molecule has 130 valence electrons. The summed E-state index contributed by atoms with van der Waals surface area (Å²) in [5.41, 5.74) is 1.18. The van der Waals surface area contributed by atoms with Crippen LogP contribution in [-0.2, 0) is 0 Å². The minimum Gasteiger partial charge on any atom is -0.331 e. The lowest BCUT2D eigenvalue weighted by molar-refractivity contribution is -0.384. The second-order valence-corrected chi connectivity index (χ2v) is 6.48. The van der Waals surface area contributed by atoms with Crippen molar-refractivity contribution in [3.05, 3.63) is 40.6 Å². The van der Waals surface area contributed by atoms with E-state index in [1.165, 1.54) is 19.4 Å². The number of aromatic nitrogens is 1. The molecular weight excluding hydrogens is 304 g/mol. The molecule has 3 rings (SSSR count). The normalized spacial score (nSPS) is 19.8. The molecule has 2 heterocycles. The van der Waals surface area contributed by atoms with Gasteiger partial charge in [-0.3, -0.25) is 20.3 Å². The number of fused-ring (bicyclic) bond motifs is 1. The van der Waals surface area contributed by atoms with Crippen molar-refractivity contribution in [2.75, 3.05) is 19.6 Å². The van der Waals surface area contributed by atoms with Crippen molar-refractivity contribution < 1.29 is 4.92 Å². The smallest absolute Gasteiger partial charge is 0.270 e. The Balaban J connectivity index is 1.75. The van der Waals surface area contributed by atoms with Crippen molar-refractivity contribution in [1.82, 2.24) is 14.8 Å². The number of benzene rings is 1. The molecule has 1 aromatic heterocycles. The summed E-state index contributed by atoms with van der Waals surface area (Å²) in [6.07, 6.45) is 5.76. The average Bonchev–Trinajstić information content (AvgIpc) is 3.21.